The van der Waals surface area contributed by atoms with Crippen molar-refractivity contribution in [3.63, 3.8) is 0 Å². The lowest BCUT2D eigenvalue weighted by atomic mass is 10.1. The molecule has 0 saturated carbocycles. The molecule has 0 radical (unpaired) electrons. The molecule has 112 valence electrons. The summed E-state index contributed by atoms with van der Waals surface area (Å²) in [6.45, 7) is 5.44. The molecule has 4 nitrogen and oxygen atoms in total. The van der Waals surface area contributed by atoms with Gasteiger partial charge in [-0.3, -0.25) is 4.79 Å². The lowest BCUT2D eigenvalue weighted by molar-refractivity contribution is 0.0739. The van der Waals surface area contributed by atoms with Gasteiger partial charge in [0.05, 0.1) is 6.61 Å². The molecule has 2 N–H and O–H groups in total. The summed E-state index contributed by atoms with van der Waals surface area (Å²) in [7, 11) is 1.81. The van der Waals surface area contributed by atoms with Crippen molar-refractivity contribution < 1.29 is 9.53 Å². The highest BCUT2D eigenvalue weighted by atomic mass is 16.5. The molecule has 1 atom stereocenters. The lowest BCUT2D eigenvalue weighted by Crippen LogP contribution is -2.36. The number of carbonyl (C=O) groups is 1. The Hall–Kier alpha value is -1.55. The van der Waals surface area contributed by atoms with Crippen LogP contribution in [-0.4, -0.2) is 37.0 Å². The molecule has 1 amide bonds. The van der Waals surface area contributed by atoms with Crippen LogP contribution < -0.4 is 10.5 Å². The van der Waals surface area contributed by atoms with Crippen molar-refractivity contribution in [2.24, 2.45) is 5.73 Å². The fourth-order valence-corrected chi connectivity index (χ4v) is 1.87. The molecule has 0 aliphatic rings. The van der Waals surface area contributed by atoms with E-state index < -0.39 is 0 Å². The number of unbranched alkanes of at least 4 members (excludes halogenated alkanes) is 1. The molecule has 0 heterocycles. The van der Waals surface area contributed by atoms with E-state index in [0.29, 0.717) is 12.1 Å². The molecule has 20 heavy (non-hydrogen) atoms. The SMILES string of the molecule is CCCCOc1ccc(C(=O)N(C)C(C)CCN)cc1. The lowest BCUT2D eigenvalue weighted by Gasteiger charge is -2.24. The highest BCUT2D eigenvalue weighted by Crippen LogP contribution is 2.15. The summed E-state index contributed by atoms with van der Waals surface area (Å²) < 4.78 is 5.59. The van der Waals surface area contributed by atoms with Gasteiger partial charge in [-0.1, -0.05) is 13.3 Å². The van der Waals surface area contributed by atoms with Gasteiger partial charge in [0, 0.05) is 18.7 Å². The number of benzene rings is 1. The maximum Gasteiger partial charge on any atom is 0.253 e. The van der Waals surface area contributed by atoms with E-state index in [-0.39, 0.29) is 11.9 Å². The number of amides is 1. The summed E-state index contributed by atoms with van der Waals surface area (Å²) >= 11 is 0. The molecule has 4 heteroatoms. The Morgan fingerprint density at radius 2 is 2.00 bits per heavy atom. The van der Waals surface area contributed by atoms with Crippen LogP contribution in [0.3, 0.4) is 0 Å². The fourth-order valence-electron chi connectivity index (χ4n) is 1.87. The van der Waals surface area contributed by atoms with Crippen molar-refractivity contribution in [1.29, 1.82) is 0 Å². The monoisotopic (exact) mass is 278 g/mol. The van der Waals surface area contributed by atoms with Crippen LogP contribution in [-0.2, 0) is 0 Å². The van der Waals surface area contributed by atoms with E-state index in [1.807, 2.05) is 38.2 Å². The molecule has 0 saturated heterocycles. The van der Waals surface area contributed by atoms with E-state index in [2.05, 4.69) is 6.92 Å². The zero-order valence-electron chi connectivity index (χ0n) is 12.8. The Labute approximate surface area is 121 Å². The van der Waals surface area contributed by atoms with Crippen LogP contribution in [0.5, 0.6) is 5.75 Å². The molecule has 1 rings (SSSR count). The summed E-state index contributed by atoms with van der Waals surface area (Å²) in [4.78, 5) is 14.0. The molecular formula is C16H26N2O2. The predicted molar refractivity (Wildman–Crippen MR) is 82.1 cm³/mol. The van der Waals surface area contributed by atoms with E-state index in [1.165, 1.54) is 0 Å². The summed E-state index contributed by atoms with van der Waals surface area (Å²) in [5.41, 5.74) is 6.21. The summed E-state index contributed by atoms with van der Waals surface area (Å²) in [6.07, 6.45) is 2.96. The van der Waals surface area contributed by atoms with Crippen molar-refractivity contribution >= 4 is 5.91 Å². The Bertz CT molecular complexity index is 403. The molecule has 0 bridgehead atoms. The van der Waals surface area contributed by atoms with Gasteiger partial charge in [-0.15, -0.1) is 0 Å². The number of carbonyl (C=O) groups excluding carboxylic acids is 1. The number of rotatable bonds is 8. The average Bonchev–Trinajstić information content (AvgIpc) is 2.47. The molecule has 1 aromatic rings. The molecule has 1 aromatic carbocycles. The van der Waals surface area contributed by atoms with Gasteiger partial charge in [0.1, 0.15) is 5.75 Å². The van der Waals surface area contributed by atoms with Gasteiger partial charge in [-0.05, 0) is 50.6 Å². The van der Waals surface area contributed by atoms with Crippen LogP contribution >= 0.6 is 0 Å². The second-order valence-corrected chi connectivity index (χ2v) is 5.07. The highest BCUT2D eigenvalue weighted by molar-refractivity contribution is 5.94. The number of hydrogen-bond donors (Lipinski definition) is 1. The van der Waals surface area contributed by atoms with E-state index in [0.717, 1.165) is 31.6 Å². The highest BCUT2D eigenvalue weighted by Gasteiger charge is 2.16. The van der Waals surface area contributed by atoms with E-state index in [4.69, 9.17) is 10.5 Å². The Morgan fingerprint density at radius 3 is 2.55 bits per heavy atom. The third-order valence-corrected chi connectivity index (χ3v) is 3.43. The van der Waals surface area contributed by atoms with Crippen molar-refractivity contribution in [3.8, 4) is 5.75 Å². The summed E-state index contributed by atoms with van der Waals surface area (Å²) in [5.74, 6) is 0.832. The average molecular weight is 278 g/mol. The third kappa shape index (κ3) is 4.85. The van der Waals surface area contributed by atoms with Gasteiger partial charge in [0.25, 0.3) is 5.91 Å². The zero-order valence-corrected chi connectivity index (χ0v) is 12.8. The van der Waals surface area contributed by atoms with Gasteiger partial charge >= 0.3 is 0 Å². The number of nitrogens with two attached hydrogens (primary N) is 1. The van der Waals surface area contributed by atoms with Gasteiger partial charge < -0.3 is 15.4 Å². The van der Waals surface area contributed by atoms with Crippen molar-refractivity contribution in [2.45, 2.75) is 39.2 Å². The normalized spacial score (nSPS) is 12.0. The quantitative estimate of drug-likeness (QED) is 0.744. The second-order valence-electron chi connectivity index (χ2n) is 5.07. The fraction of sp³-hybridized carbons (Fsp3) is 0.562. The minimum atomic E-state index is 0.0195. The molecular weight excluding hydrogens is 252 g/mol. The van der Waals surface area contributed by atoms with Crippen LogP contribution in [0.25, 0.3) is 0 Å². The Morgan fingerprint density at radius 1 is 1.35 bits per heavy atom. The first-order valence-corrected chi connectivity index (χ1v) is 7.30. The first-order valence-electron chi connectivity index (χ1n) is 7.30. The van der Waals surface area contributed by atoms with Crippen molar-refractivity contribution in [1.82, 2.24) is 4.90 Å². The second kappa shape index (κ2) is 8.59. The largest absolute Gasteiger partial charge is 0.494 e. The van der Waals surface area contributed by atoms with Crippen LogP contribution in [0.4, 0.5) is 0 Å². The van der Waals surface area contributed by atoms with Crippen molar-refractivity contribution in [2.75, 3.05) is 20.2 Å². The molecule has 0 spiro atoms. The molecule has 0 fully saturated rings. The number of nitrogens with zero attached hydrogens (tertiary/aromatic N) is 1. The number of hydrogen-bond acceptors (Lipinski definition) is 3. The Balaban J connectivity index is 2.60. The van der Waals surface area contributed by atoms with Gasteiger partial charge in [0.15, 0.2) is 0 Å². The van der Waals surface area contributed by atoms with Crippen molar-refractivity contribution in [3.05, 3.63) is 29.8 Å². The van der Waals surface area contributed by atoms with Gasteiger partial charge in [-0.25, -0.2) is 0 Å². The molecule has 0 aliphatic heterocycles. The first kappa shape index (κ1) is 16.5. The number of ether oxygens (including phenoxy) is 1. The minimum Gasteiger partial charge on any atom is -0.494 e. The van der Waals surface area contributed by atoms with Crippen LogP contribution in [0.15, 0.2) is 24.3 Å². The minimum absolute atomic E-state index is 0.0195. The zero-order chi connectivity index (χ0) is 15.0. The predicted octanol–water partition coefficient (Wildman–Crippen LogP) is 2.67. The van der Waals surface area contributed by atoms with Crippen LogP contribution in [0.2, 0.25) is 0 Å². The van der Waals surface area contributed by atoms with E-state index in [9.17, 15) is 4.79 Å². The van der Waals surface area contributed by atoms with Crippen LogP contribution in [0.1, 0.15) is 43.5 Å². The van der Waals surface area contributed by atoms with E-state index in [1.54, 1.807) is 4.90 Å². The maximum atomic E-state index is 12.3. The van der Waals surface area contributed by atoms with Gasteiger partial charge in [0.2, 0.25) is 0 Å². The molecule has 0 aliphatic carbocycles. The standard InChI is InChI=1S/C16H26N2O2/c1-4-5-12-20-15-8-6-14(7-9-15)16(19)18(3)13(2)10-11-17/h6-9,13H,4-5,10-12,17H2,1-3H3. The maximum absolute atomic E-state index is 12.3. The summed E-state index contributed by atoms with van der Waals surface area (Å²) in [5, 5.41) is 0. The Kier molecular flexibility index (Phi) is 7.09. The molecule has 1 unspecified atom stereocenters. The summed E-state index contributed by atoms with van der Waals surface area (Å²) in [6, 6.07) is 7.48. The van der Waals surface area contributed by atoms with Crippen LogP contribution in [0, 0.1) is 0 Å². The van der Waals surface area contributed by atoms with Gasteiger partial charge in [-0.2, -0.15) is 0 Å². The topological polar surface area (TPSA) is 55.6 Å². The first-order chi connectivity index (χ1) is 9.60. The smallest absolute Gasteiger partial charge is 0.253 e. The van der Waals surface area contributed by atoms with E-state index >= 15 is 0 Å². The third-order valence-electron chi connectivity index (χ3n) is 3.43. The molecule has 0 aromatic heterocycles.